The Hall–Kier alpha value is -3.58. The van der Waals surface area contributed by atoms with Crippen molar-refractivity contribution in [1.82, 2.24) is 0 Å². The average molecular weight is 406 g/mol. The molecule has 3 N–H and O–H groups in total. The van der Waals surface area contributed by atoms with Crippen molar-refractivity contribution >= 4 is 39.1 Å². The van der Waals surface area contributed by atoms with E-state index in [1.54, 1.807) is 32.2 Å². The number of rotatable bonds is 5. The molecule has 4 rings (SSSR count). The molecule has 0 saturated heterocycles. The van der Waals surface area contributed by atoms with Crippen molar-refractivity contribution in [2.24, 2.45) is 5.73 Å². The van der Waals surface area contributed by atoms with Crippen LogP contribution in [0, 0.1) is 6.92 Å². The number of hydrogen-bond acceptors (Lipinski definition) is 5. The van der Waals surface area contributed by atoms with E-state index in [-0.39, 0.29) is 11.3 Å². The van der Waals surface area contributed by atoms with Crippen LogP contribution in [0.4, 0.5) is 5.00 Å². The van der Waals surface area contributed by atoms with Gasteiger partial charge in [-0.15, -0.1) is 11.3 Å². The number of fused-ring (bicyclic) bond motifs is 1. The van der Waals surface area contributed by atoms with E-state index in [1.807, 2.05) is 36.4 Å². The number of methoxy groups -OCH3 is 1. The van der Waals surface area contributed by atoms with Gasteiger partial charge >= 0.3 is 0 Å². The van der Waals surface area contributed by atoms with E-state index >= 15 is 0 Å². The predicted molar refractivity (Wildman–Crippen MR) is 114 cm³/mol. The molecule has 0 aliphatic rings. The molecule has 29 heavy (non-hydrogen) atoms. The van der Waals surface area contributed by atoms with Gasteiger partial charge in [0.15, 0.2) is 5.76 Å². The van der Waals surface area contributed by atoms with Crippen LogP contribution >= 0.6 is 11.3 Å². The summed E-state index contributed by atoms with van der Waals surface area (Å²) in [5.74, 6) is -0.195. The number of hydrogen-bond donors (Lipinski definition) is 2. The SMILES string of the molecule is COc1ccc2oc(C(=O)Nc3sc(-c4ccccc4)cc3C(N)=O)c(C)c2c1. The van der Waals surface area contributed by atoms with Gasteiger partial charge in [-0.1, -0.05) is 30.3 Å². The molecule has 2 heterocycles. The van der Waals surface area contributed by atoms with Crippen LogP contribution < -0.4 is 15.8 Å². The summed E-state index contributed by atoms with van der Waals surface area (Å²) in [6.45, 7) is 1.80. The van der Waals surface area contributed by atoms with Gasteiger partial charge in [0.05, 0.1) is 12.7 Å². The number of benzene rings is 2. The number of carbonyl (C=O) groups excluding carboxylic acids is 2. The maximum absolute atomic E-state index is 12.9. The molecule has 2 aromatic carbocycles. The Bertz CT molecular complexity index is 1220. The molecule has 0 bridgehead atoms. The number of furan rings is 1. The predicted octanol–water partition coefficient (Wildman–Crippen LogP) is 4.83. The number of primary amides is 1. The number of aryl methyl sites for hydroxylation is 1. The van der Waals surface area contributed by atoms with E-state index in [0.29, 0.717) is 21.9 Å². The summed E-state index contributed by atoms with van der Waals surface area (Å²) >= 11 is 1.29. The fraction of sp³-hybridized carbons (Fsp3) is 0.0909. The minimum Gasteiger partial charge on any atom is -0.497 e. The van der Waals surface area contributed by atoms with Crippen LogP contribution in [0.15, 0.2) is 59.0 Å². The standard InChI is InChI=1S/C22H18N2O4S/c1-12-15-10-14(27-2)8-9-17(15)28-19(12)21(26)24-22-16(20(23)25)11-18(29-22)13-6-4-3-5-7-13/h3-11H,1-2H3,(H2,23,25)(H,24,26). The Morgan fingerprint density at radius 2 is 1.86 bits per heavy atom. The van der Waals surface area contributed by atoms with Crippen molar-refractivity contribution < 1.29 is 18.7 Å². The first kappa shape index (κ1) is 18.8. The summed E-state index contributed by atoms with van der Waals surface area (Å²) in [7, 11) is 1.58. The monoisotopic (exact) mass is 406 g/mol. The smallest absolute Gasteiger partial charge is 0.292 e. The van der Waals surface area contributed by atoms with Crippen molar-refractivity contribution in [3.05, 3.63) is 71.5 Å². The summed E-state index contributed by atoms with van der Waals surface area (Å²) in [4.78, 5) is 25.6. The number of amides is 2. The van der Waals surface area contributed by atoms with Gasteiger partial charge in [-0.2, -0.15) is 0 Å². The number of thiophene rings is 1. The molecule has 0 fully saturated rings. The van der Waals surface area contributed by atoms with Gasteiger partial charge in [0, 0.05) is 15.8 Å². The molecule has 0 aliphatic carbocycles. The van der Waals surface area contributed by atoms with Gasteiger partial charge in [0.1, 0.15) is 16.3 Å². The lowest BCUT2D eigenvalue weighted by molar-refractivity contribution is 0.0998. The second kappa shape index (κ2) is 7.44. The van der Waals surface area contributed by atoms with Crippen molar-refractivity contribution in [3.8, 4) is 16.2 Å². The van der Waals surface area contributed by atoms with Crippen LogP contribution in [-0.4, -0.2) is 18.9 Å². The van der Waals surface area contributed by atoms with Crippen LogP contribution in [0.1, 0.15) is 26.5 Å². The highest BCUT2D eigenvalue weighted by molar-refractivity contribution is 7.20. The molecule has 146 valence electrons. The lowest BCUT2D eigenvalue weighted by atomic mass is 10.1. The summed E-state index contributed by atoms with van der Waals surface area (Å²) in [6.07, 6.45) is 0. The van der Waals surface area contributed by atoms with Gasteiger partial charge in [0.2, 0.25) is 0 Å². The summed E-state index contributed by atoms with van der Waals surface area (Å²) < 4.78 is 11.0. The minimum absolute atomic E-state index is 0.179. The third-order valence-corrected chi connectivity index (χ3v) is 5.73. The van der Waals surface area contributed by atoms with E-state index in [4.69, 9.17) is 14.9 Å². The molecule has 0 saturated carbocycles. The highest BCUT2D eigenvalue weighted by Gasteiger charge is 2.22. The molecule has 0 radical (unpaired) electrons. The number of nitrogens with two attached hydrogens (primary N) is 1. The summed E-state index contributed by atoms with van der Waals surface area (Å²) in [5.41, 5.74) is 8.00. The molecular formula is C22H18N2O4S. The number of carbonyl (C=O) groups is 2. The average Bonchev–Trinajstić information content (AvgIpc) is 3.30. The van der Waals surface area contributed by atoms with Crippen molar-refractivity contribution in [3.63, 3.8) is 0 Å². The van der Waals surface area contributed by atoms with Crippen LogP contribution in [0.2, 0.25) is 0 Å². The van der Waals surface area contributed by atoms with Crippen LogP contribution in [0.3, 0.4) is 0 Å². The molecule has 2 amide bonds. The molecular weight excluding hydrogens is 388 g/mol. The first-order valence-electron chi connectivity index (χ1n) is 8.85. The van der Waals surface area contributed by atoms with Crippen molar-refractivity contribution in [2.75, 3.05) is 12.4 Å². The van der Waals surface area contributed by atoms with Crippen LogP contribution in [-0.2, 0) is 0 Å². The Morgan fingerprint density at radius 3 is 2.55 bits per heavy atom. The topological polar surface area (TPSA) is 94.6 Å². The van der Waals surface area contributed by atoms with E-state index in [2.05, 4.69) is 5.32 Å². The van der Waals surface area contributed by atoms with Gasteiger partial charge < -0.3 is 20.2 Å². The lowest BCUT2D eigenvalue weighted by Gasteiger charge is -2.03. The highest BCUT2D eigenvalue weighted by atomic mass is 32.1. The quantitative estimate of drug-likeness (QED) is 0.496. The van der Waals surface area contributed by atoms with Crippen molar-refractivity contribution in [2.45, 2.75) is 6.92 Å². The van der Waals surface area contributed by atoms with E-state index < -0.39 is 11.8 Å². The molecule has 7 heteroatoms. The highest BCUT2D eigenvalue weighted by Crippen LogP contribution is 2.36. The van der Waals surface area contributed by atoms with Gasteiger partial charge in [0.25, 0.3) is 11.8 Å². The Labute approximate surface area is 170 Å². The fourth-order valence-electron chi connectivity index (χ4n) is 3.12. The molecule has 0 aliphatic heterocycles. The fourth-order valence-corrected chi connectivity index (χ4v) is 4.18. The number of ether oxygens (including phenoxy) is 1. The van der Waals surface area contributed by atoms with E-state index in [1.165, 1.54) is 11.3 Å². The lowest BCUT2D eigenvalue weighted by Crippen LogP contribution is -2.16. The largest absolute Gasteiger partial charge is 0.497 e. The van der Waals surface area contributed by atoms with E-state index in [0.717, 1.165) is 15.8 Å². The Kier molecular flexibility index (Phi) is 4.82. The zero-order valence-electron chi connectivity index (χ0n) is 15.8. The van der Waals surface area contributed by atoms with E-state index in [9.17, 15) is 9.59 Å². The first-order valence-corrected chi connectivity index (χ1v) is 9.67. The molecule has 2 aromatic heterocycles. The Morgan fingerprint density at radius 1 is 1.10 bits per heavy atom. The molecule has 4 aromatic rings. The minimum atomic E-state index is -0.607. The second-order valence-electron chi connectivity index (χ2n) is 6.46. The molecule has 0 atom stereocenters. The number of anilines is 1. The first-order chi connectivity index (χ1) is 14.0. The second-order valence-corrected chi connectivity index (χ2v) is 7.51. The zero-order chi connectivity index (χ0) is 20.5. The Balaban J connectivity index is 1.70. The third-order valence-electron chi connectivity index (χ3n) is 4.63. The van der Waals surface area contributed by atoms with Gasteiger partial charge in [-0.05, 0) is 36.8 Å². The molecule has 6 nitrogen and oxygen atoms in total. The number of nitrogens with one attached hydrogen (secondary N) is 1. The van der Waals surface area contributed by atoms with Gasteiger partial charge in [-0.25, -0.2) is 0 Å². The molecule has 0 unspecified atom stereocenters. The van der Waals surface area contributed by atoms with Crippen LogP contribution in [0.25, 0.3) is 21.4 Å². The molecule has 0 spiro atoms. The zero-order valence-corrected chi connectivity index (χ0v) is 16.6. The maximum Gasteiger partial charge on any atom is 0.292 e. The summed E-state index contributed by atoms with van der Waals surface area (Å²) in [5, 5.41) is 3.96. The normalized spacial score (nSPS) is 10.8. The van der Waals surface area contributed by atoms with Crippen molar-refractivity contribution in [1.29, 1.82) is 0 Å². The third kappa shape index (κ3) is 3.48. The van der Waals surface area contributed by atoms with Gasteiger partial charge in [-0.3, -0.25) is 9.59 Å². The maximum atomic E-state index is 12.9. The van der Waals surface area contributed by atoms with Crippen LogP contribution in [0.5, 0.6) is 5.75 Å². The summed E-state index contributed by atoms with van der Waals surface area (Å²) in [6, 6.07) is 16.6.